The molecule has 0 fully saturated rings. The fourth-order valence-corrected chi connectivity index (χ4v) is 5.23. The molecule has 1 atom stereocenters. The van der Waals surface area contributed by atoms with Crippen LogP contribution in [0.4, 0.5) is 5.82 Å². The molecule has 1 unspecified atom stereocenters. The van der Waals surface area contributed by atoms with Crippen LogP contribution in [0.1, 0.15) is 16.8 Å². The summed E-state index contributed by atoms with van der Waals surface area (Å²) in [6.45, 7) is 0. The first-order valence-electron chi connectivity index (χ1n) is 9.99. The highest BCUT2D eigenvalue weighted by Gasteiger charge is 2.28. The van der Waals surface area contributed by atoms with Crippen LogP contribution < -0.4 is 10.1 Å². The van der Waals surface area contributed by atoms with E-state index in [0.29, 0.717) is 17.3 Å². The van der Waals surface area contributed by atoms with Crippen LogP contribution in [0.2, 0.25) is 0 Å². The van der Waals surface area contributed by atoms with Crippen LogP contribution >= 0.6 is 0 Å². The number of nitrogens with one attached hydrogen (secondary N) is 1. The lowest BCUT2D eigenvalue weighted by atomic mass is 10.0. The zero-order chi connectivity index (χ0) is 21.4. The van der Waals surface area contributed by atoms with Gasteiger partial charge in [-0.15, -0.1) is 0 Å². The summed E-state index contributed by atoms with van der Waals surface area (Å²) in [4.78, 5) is 13.0. The van der Waals surface area contributed by atoms with Gasteiger partial charge in [0.05, 0.1) is 36.4 Å². The molecule has 1 aliphatic rings. The largest absolute Gasteiger partial charge is 0.497 e. The van der Waals surface area contributed by atoms with Crippen molar-refractivity contribution < 1.29 is 13.7 Å². The first-order valence-corrected chi connectivity index (χ1v) is 11.5. The molecule has 0 saturated heterocycles. The maximum absolute atomic E-state index is 13.0. The molecule has 2 heterocycles. The third-order valence-corrected chi connectivity index (χ3v) is 6.68. The van der Waals surface area contributed by atoms with Crippen molar-refractivity contribution in [3.05, 3.63) is 83.6 Å². The number of benzene rings is 3. The summed E-state index contributed by atoms with van der Waals surface area (Å²) in [6.07, 6.45) is 0.243. The first kappa shape index (κ1) is 19.5. The smallest absolute Gasteiger partial charge is 0.229 e. The number of hydrogen-bond donors (Lipinski definition) is 1. The van der Waals surface area contributed by atoms with E-state index in [-0.39, 0.29) is 12.3 Å². The van der Waals surface area contributed by atoms with E-state index >= 15 is 0 Å². The van der Waals surface area contributed by atoms with Gasteiger partial charge in [-0.1, -0.05) is 42.5 Å². The van der Waals surface area contributed by atoms with Gasteiger partial charge in [-0.2, -0.15) is 5.10 Å². The number of nitrogens with zero attached hydrogens (tertiary/aromatic N) is 2. The Morgan fingerprint density at radius 3 is 2.65 bits per heavy atom. The predicted molar refractivity (Wildman–Crippen MR) is 122 cm³/mol. The highest BCUT2D eigenvalue weighted by Crippen LogP contribution is 2.32. The molecular weight excluding hydrogens is 410 g/mol. The molecule has 0 saturated carbocycles. The van der Waals surface area contributed by atoms with E-state index in [1.807, 2.05) is 66.7 Å². The van der Waals surface area contributed by atoms with Crippen LogP contribution in [0.15, 0.2) is 66.7 Å². The van der Waals surface area contributed by atoms with Gasteiger partial charge in [-0.05, 0) is 40.6 Å². The van der Waals surface area contributed by atoms with Crippen molar-refractivity contribution in [3.8, 4) is 11.4 Å². The molecule has 1 N–H and O–H groups in total. The number of hydrogen-bond acceptors (Lipinski definition) is 4. The standard InChI is InChI=1S/C24H21N3O3S/c1-30-19-11-9-18(10-12-19)27-24(21-14-31(29)15-22(21)26-27)25-23(28)13-17-7-4-6-16-5-2-3-8-20(16)17/h2-12H,13-15H2,1H3,(H,25,28). The average Bonchev–Trinajstić information content (AvgIpc) is 3.31. The number of anilines is 1. The molecule has 0 radical (unpaired) electrons. The van der Waals surface area contributed by atoms with E-state index in [0.717, 1.165) is 39.0 Å². The van der Waals surface area contributed by atoms with E-state index in [1.54, 1.807) is 11.8 Å². The van der Waals surface area contributed by atoms with Crippen molar-refractivity contribution in [1.29, 1.82) is 0 Å². The Kier molecular flexibility index (Phi) is 5.03. The molecule has 5 rings (SSSR count). The molecular formula is C24H21N3O3S. The lowest BCUT2D eigenvalue weighted by Gasteiger charge is -2.12. The van der Waals surface area contributed by atoms with E-state index in [4.69, 9.17) is 4.74 Å². The SMILES string of the molecule is COc1ccc(-n2nc3c(c2NC(=O)Cc2cccc4ccccc24)CS(=O)C3)cc1. The van der Waals surface area contributed by atoms with Crippen LogP contribution in [0.25, 0.3) is 16.5 Å². The quantitative estimate of drug-likeness (QED) is 0.519. The summed E-state index contributed by atoms with van der Waals surface area (Å²) in [7, 11) is 0.630. The summed E-state index contributed by atoms with van der Waals surface area (Å²) < 4.78 is 19.1. The van der Waals surface area contributed by atoms with Gasteiger partial charge in [0.2, 0.25) is 5.91 Å². The third-order valence-electron chi connectivity index (χ3n) is 5.48. The second-order valence-electron chi connectivity index (χ2n) is 7.48. The van der Waals surface area contributed by atoms with Crippen LogP contribution in [0, 0.1) is 0 Å². The number of carbonyl (C=O) groups is 1. The van der Waals surface area contributed by atoms with Crippen LogP contribution in [0.3, 0.4) is 0 Å². The monoisotopic (exact) mass is 431 g/mol. The molecule has 31 heavy (non-hydrogen) atoms. The van der Waals surface area contributed by atoms with Crippen LogP contribution in [-0.2, 0) is 33.5 Å². The van der Waals surface area contributed by atoms with Crippen LogP contribution in [-0.4, -0.2) is 27.0 Å². The molecule has 1 amide bonds. The molecule has 4 aromatic rings. The second-order valence-corrected chi connectivity index (χ2v) is 8.93. The molecule has 7 heteroatoms. The number of rotatable bonds is 5. The summed E-state index contributed by atoms with van der Waals surface area (Å²) in [6, 6.07) is 21.5. The predicted octanol–water partition coefficient (Wildman–Crippen LogP) is 3.98. The molecule has 6 nitrogen and oxygen atoms in total. The minimum Gasteiger partial charge on any atom is -0.497 e. The molecule has 0 spiro atoms. The Hall–Kier alpha value is -3.45. The fraction of sp³-hybridized carbons (Fsp3) is 0.167. The average molecular weight is 432 g/mol. The minimum absolute atomic E-state index is 0.133. The Morgan fingerprint density at radius 2 is 1.84 bits per heavy atom. The van der Waals surface area contributed by atoms with Crippen molar-refractivity contribution in [2.24, 2.45) is 0 Å². The topological polar surface area (TPSA) is 73.2 Å². The van der Waals surface area contributed by atoms with Crippen molar-refractivity contribution in [1.82, 2.24) is 9.78 Å². The minimum atomic E-state index is -0.987. The van der Waals surface area contributed by atoms with Gasteiger partial charge >= 0.3 is 0 Å². The molecule has 1 aromatic heterocycles. The van der Waals surface area contributed by atoms with Gasteiger partial charge < -0.3 is 10.1 Å². The molecule has 3 aromatic carbocycles. The van der Waals surface area contributed by atoms with Crippen LogP contribution in [0.5, 0.6) is 5.75 Å². The first-order chi connectivity index (χ1) is 15.1. The van der Waals surface area contributed by atoms with Gasteiger partial charge in [0, 0.05) is 16.4 Å². The van der Waals surface area contributed by atoms with Gasteiger partial charge in [-0.3, -0.25) is 9.00 Å². The number of methoxy groups -OCH3 is 1. The summed E-state index contributed by atoms with van der Waals surface area (Å²) >= 11 is 0. The van der Waals surface area contributed by atoms with E-state index in [2.05, 4.69) is 10.4 Å². The molecule has 1 aliphatic heterocycles. The molecule has 0 aliphatic carbocycles. The summed E-state index contributed by atoms with van der Waals surface area (Å²) in [5, 5.41) is 9.86. The maximum atomic E-state index is 13.0. The number of fused-ring (bicyclic) bond motifs is 2. The van der Waals surface area contributed by atoms with Gasteiger partial charge in [0.1, 0.15) is 11.6 Å². The van der Waals surface area contributed by atoms with Gasteiger partial charge in [0.15, 0.2) is 0 Å². The maximum Gasteiger partial charge on any atom is 0.229 e. The third kappa shape index (κ3) is 3.72. The van der Waals surface area contributed by atoms with E-state index < -0.39 is 10.8 Å². The Labute approximate surface area is 182 Å². The fourth-order valence-electron chi connectivity index (χ4n) is 3.96. The van der Waals surface area contributed by atoms with Gasteiger partial charge in [0.25, 0.3) is 0 Å². The molecule has 156 valence electrons. The van der Waals surface area contributed by atoms with Gasteiger partial charge in [-0.25, -0.2) is 4.68 Å². The highest BCUT2D eigenvalue weighted by molar-refractivity contribution is 7.83. The lowest BCUT2D eigenvalue weighted by molar-refractivity contribution is -0.115. The van der Waals surface area contributed by atoms with Crippen molar-refractivity contribution in [2.75, 3.05) is 12.4 Å². The number of amides is 1. The zero-order valence-corrected chi connectivity index (χ0v) is 17.8. The van der Waals surface area contributed by atoms with E-state index in [1.165, 1.54) is 0 Å². The summed E-state index contributed by atoms with van der Waals surface area (Å²) in [5.41, 5.74) is 3.39. The number of carbonyl (C=O) groups excluding carboxylic acids is 1. The van der Waals surface area contributed by atoms with Crippen molar-refractivity contribution >= 4 is 33.3 Å². The summed E-state index contributed by atoms with van der Waals surface area (Å²) in [5.74, 6) is 2.01. The lowest BCUT2D eigenvalue weighted by Crippen LogP contribution is -2.18. The Morgan fingerprint density at radius 1 is 1.06 bits per heavy atom. The highest BCUT2D eigenvalue weighted by atomic mass is 32.2. The Bertz CT molecular complexity index is 1310. The number of ether oxygens (including phenoxy) is 1. The second kappa shape index (κ2) is 8.00. The van der Waals surface area contributed by atoms with Crippen molar-refractivity contribution in [2.45, 2.75) is 17.9 Å². The molecule has 0 bridgehead atoms. The zero-order valence-electron chi connectivity index (χ0n) is 17.0. The number of aromatic nitrogens is 2. The Balaban J connectivity index is 1.47. The van der Waals surface area contributed by atoms with Crippen molar-refractivity contribution in [3.63, 3.8) is 0 Å². The normalized spacial score (nSPS) is 15.1. The van der Waals surface area contributed by atoms with E-state index in [9.17, 15) is 9.00 Å².